The van der Waals surface area contributed by atoms with Crippen molar-refractivity contribution in [3.05, 3.63) is 59.2 Å². The maximum Gasteiger partial charge on any atom is 0.249 e. The van der Waals surface area contributed by atoms with Crippen LogP contribution in [0.3, 0.4) is 0 Å². The fourth-order valence-electron chi connectivity index (χ4n) is 3.10. The SMILES string of the molecule is C#CCOc1ccc(CCNC(=O)[C@H](Cc2ccc(CC)cc2)OCC)cc1OC. The number of methoxy groups -OCH3 is 1. The molecule has 0 unspecified atom stereocenters. The Balaban J connectivity index is 1.91. The second kappa shape index (κ2) is 12.6. The highest BCUT2D eigenvalue weighted by molar-refractivity contribution is 5.81. The van der Waals surface area contributed by atoms with Crippen molar-refractivity contribution >= 4 is 5.91 Å². The van der Waals surface area contributed by atoms with Crippen LogP contribution in [0.4, 0.5) is 0 Å². The molecule has 5 heteroatoms. The van der Waals surface area contributed by atoms with Crippen LogP contribution >= 0.6 is 0 Å². The van der Waals surface area contributed by atoms with E-state index in [-0.39, 0.29) is 12.5 Å². The Bertz CT molecular complexity index is 839. The van der Waals surface area contributed by atoms with Gasteiger partial charge in [-0.2, -0.15) is 0 Å². The summed E-state index contributed by atoms with van der Waals surface area (Å²) in [4.78, 5) is 12.6. The van der Waals surface area contributed by atoms with E-state index in [0.29, 0.717) is 37.5 Å². The number of nitrogens with one attached hydrogen (secondary N) is 1. The lowest BCUT2D eigenvalue weighted by molar-refractivity contribution is -0.132. The molecule has 1 N–H and O–H groups in total. The fourth-order valence-corrected chi connectivity index (χ4v) is 3.10. The van der Waals surface area contributed by atoms with Crippen LogP contribution in [-0.4, -0.2) is 38.9 Å². The van der Waals surface area contributed by atoms with Crippen LogP contribution in [0.5, 0.6) is 11.5 Å². The average Bonchev–Trinajstić information content (AvgIpc) is 2.78. The predicted molar refractivity (Wildman–Crippen MR) is 119 cm³/mol. The van der Waals surface area contributed by atoms with Crippen LogP contribution < -0.4 is 14.8 Å². The minimum Gasteiger partial charge on any atom is -0.493 e. The Kier molecular flexibility index (Phi) is 9.76. The lowest BCUT2D eigenvalue weighted by Gasteiger charge is -2.17. The smallest absolute Gasteiger partial charge is 0.249 e. The van der Waals surface area contributed by atoms with Crippen LogP contribution in [0, 0.1) is 12.3 Å². The maximum atomic E-state index is 12.6. The van der Waals surface area contributed by atoms with Crippen LogP contribution in [0.15, 0.2) is 42.5 Å². The van der Waals surface area contributed by atoms with Gasteiger partial charge in [0.15, 0.2) is 11.5 Å². The highest BCUT2D eigenvalue weighted by Crippen LogP contribution is 2.28. The number of carbonyl (C=O) groups excluding carboxylic acids is 1. The molecule has 0 heterocycles. The molecule has 0 saturated heterocycles. The van der Waals surface area contributed by atoms with Gasteiger partial charge in [0, 0.05) is 19.6 Å². The van der Waals surface area contributed by atoms with E-state index >= 15 is 0 Å². The molecule has 2 aromatic carbocycles. The lowest BCUT2D eigenvalue weighted by Crippen LogP contribution is -2.38. The van der Waals surface area contributed by atoms with Gasteiger partial charge in [0.25, 0.3) is 0 Å². The molecule has 0 saturated carbocycles. The zero-order valence-corrected chi connectivity index (χ0v) is 18.1. The van der Waals surface area contributed by atoms with Gasteiger partial charge in [-0.25, -0.2) is 0 Å². The molecule has 0 bridgehead atoms. The summed E-state index contributed by atoms with van der Waals surface area (Å²) in [6.45, 7) is 5.20. The lowest BCUT2D eigenvalue weighted by atomic mass is 10.0. The van der Waals surface area contributed by atoms with E-state index in [0.717, 1.165) is 17.5 Å². The maximum absolute atomic E-state index is 12.6. The van der Waals surface area contributed by atoms with E-state index in [9.17, 15) is 4.79 Å². The zero-order valence-electron chi connectivity index (χ0n) is 18.1. The molecule has 0 aliphatic carbocycles. The highest BCUT2D eigenvalue weighted by Gasteiger charge is 2.19. The van der Waals surface area contributed by atoms with Crippen molar-refractivity contribution in [2.45, 2.75) is 39.2 Å². The molecular weight excluding hydrogens is 378 g/mol. The first kappa shape index (κ1) is 23.3. The number of benzene rings is 2. The van der Waals surface area contributed by atoms with Crippen molar-refractivity contribution < 1.29 is 19.0 Å². The first-order valence-corrected chi connectivity index (χ1v) is 10.3. The molecular formula is C25H31NO4. The monoisotopic (exact) mass is 409 g/mol. The standard InChI is InChI=1S/C25H31NO4/c1-5-16-30-22-13-12-21(17-23(22)28-4)14-15-26-25(27)24(29-7-3)18-20-10-8-19(6-2)9-11-20/h1,8-13,17,24H,6-7,14-16,18H2,2-4H3,(H,26,27)/t24-/m0/s1. The van der Waals surface area contributed by atoms with Gasteiger partial charge in [0.05, 0.1) is 7.11 Å². The van der Waals surface area contributed by atoms with E-state index in [1.165, 1.54) is 5.56 Å². The number of rotatable bonds is 12. The van der Waals surface area contributed by atoms with E-state index in [4.69, 9.17) is 20.6 Å². The summed E-state index contributed by atoms with van der Waals surface area (Å²) >= 11 is 0. The number of terminal acetylenes is 1. The molecule has 0 radical (unpaired) electrons. The number of hydrogen-bond donors (Lipinski definition) is 1. The molecule has 1 amide bonds. The second-order valence-corrected chi connectivity index (χ2v) is 6.84. The average molecular weight is 410 g/mol. The van der Waals surface area contributed by atoms with Crippen LogP contribution in [0.2, 0.25) is 0 Å². The second-order valence-electron chi connectivity index (χ2n) is 6.84. The summed E-state index contributed by atoms with van der Waals surface area (Å²) in [5, 5.41) is 2.98. The largest absolute Gasteiger partial charge is 0.493 e. The number of hydrogen-bond acceptors (Lipinski definition) is 4. The summed E-state index contributed by atoms with van der Waals surface area (Å²) in [7, 11) is 1.59. The topological polar surface area (TPSA) is 56.8 Å². The van der Waals surface area contributed by atoms with Crippen molar-refractivity contribution in [3.8, 4) is 23.8 Å². The van der Waals surface area contributed by atoms with E-state index in [2.05, 4.69) is 42.4 Å². The molecule has 0 aromatic heterocycles. The first-order chi connectivity index (χ1) is 14.6. The fraction of sp³-hybridized carbons (Fsp3) is 0.400. The third-order valence-corrected chi connectivity index (χ3v) is 4.76. The Morgan fingerprint density at radius 2 is 1.77 bits per heavy atom. The third kappa shape index (κ3) is 7.13. The quantitative estimate of drug-likeness (QED) is 0.545. The van der Waals surface area contributed by atoms with Gasteiger partial charge in [-0.1, -0.05) is 43.2 Å². The van der Waals surface area contributed by atoms with Gasteiger partial charge in [-0.05, 0) is 48.6 Å². The number of amides is 1. The molecule has 0 spiro atoms. The molecule has 0 aliphatic heterocycles. The molecule has 30 heavy (non-hydrogen) atoms. The van der Waals surface area contributed by atoms with Crippen LogP contribution in [-0.2, 0) is 28.8 Å². The van der Waals surface area contributed by atoms with Gasteiger partial charge >= 0.3 is 0 Å². The molecule has 0 aliphatic rings. The molecule has 2 aromatic rings. The van der Waals surface area contributed by atoms with E-state index in [1.807, 2.05) is 25.1 Å². The molecule has 5 nitrogen and oxygen atoms in total. The normalized spacial score (nSPS) is 11.4. The minimum absolute atomic E-state index is 0.0997. The van der Waals surface area contributed by atoms with Gasteiger partial charge < -0.3 is 19.5 Å². The van der Waals surface area contributed by atoms with Crippen molar-refractivity contribution in [3.63, 3.8) is 0 Å². The van der Waals surface area contributed by atoms with Gasteiger partial charge in [-0.15, -0.1) is 6.42 Å². The molecule has 160 valence electrons. The van der Waals surface area contributed by atoms with Crippen LogP contribution in [0.25, 0.3) is 0 Å². The first-order valence-electron chi connectivity index (χ1n) is 10.3. The Morgan fingerprint density at radius 1 is 1.07 bits per heavy atom. The summed E-state index contributed by atoms with van der Waals surface area (Å²) in [5.41, 5.74) is 3.40. The van der Waals surface area contributed by atoms with Crippen molar-refractivity contribution in [1.29, 1.82) is 0 Å². The van der Waals surface area contributed by atoms with E-state index < -0.39 is 6.10 Å². The Labute approximate surface area is 179 Å². The molecule has 2 rings (SSSR count). The third-order valence-electron chi connectivity index (χ3n) is 4.76. The summed E-state index contributed by atoms with van der Waals surface area (Å²) in [6, 6.07) is 14.0. The van der Waals surface area contributed by atoms with Crippen molar-refractivity contribution in [1.82, 2.24) is 5.32 Å². The number of aryl methyl sites for hydroxylation is 1. The van der Waals surface area contributed by atoms with Crippen LogP contribution in [0.1, 0.15) is 30.5 Å². The number of carbonyl (C=O) groups is 1. The summed E-state index contributed by atoms with van der Waals surface area (Å²) in [6.07, 6.45) is 6.95. The summed E-state index contributed by atoms with van der Waals surface area (Å²) < 4.78 is 16.5. The van der Waals surface area contributed by atoms with Crippen molar-refractivity contribution in [2.24, 2.45) is 0 Å². The predicted octanol–water partition coefficient (Wildman–Crippen LogP) is 3.58. The Morgan fingerprint density at radius 3 is 2.40 bits per heavy atom. The highest BCUT2D eigenvalue weighted by atomic mass is 16.5. The summed E-state index contributed by atoms with van der Waals surface area (Å²) in [5.74, 6) is 3.56. The minimum atomic E-state index is -0.503. The van der Waals surface area contributed by atoms with Gasteiger partial charge in [-0.3, -0.25) is 4.79 Å². The van der Waals surface area contributed by atoms with Crippen molar-refractivity contribution in [2.75, 3.05) is 26.9 Å². The molecule has 1 atom stereocenters. The van der Waals surface area contributed by atoms with Gasteiger partial charge in [0.1, 0.15) is 12.7 Å². The zero-order chi connectivity index (χ0) is 21.8. The molecule has 0 fully saturated rings. The van der Waals surface area contributed by atoms with Gasteiger partial charge in [0.2, 0.25) is 5.91 Å². The number of ether oxygens (including phenoxy) is 3. The Hall–Kier alpha value is -2.97. The van der Waals surface area contributed by atoms with E-state index in [1.54, 1.807) is 7.11 Å².